The first-order valence-corrected chi connectivity index (χ1v) is 8.67. The first-order valence-electron chi connectivity index (χ1n) is 7.24. The fourth-order valence-corrected chi connectivity index (χ4v) is 4.13. The number of hydrogen-bond acceptors (Lipinski definition) is 4. The number of halogens is 1. The number of aliphatic hydroxyl groups is 1. The number of hydrogen-bond donors (Lipinski definition) is 2. The van der Waals surface area contributed by atoms with Crippen molar-refractivity contribution in [3.8, 4) is 0 Å². The summed E-state index contributed by atoms with van der Waals surface area (Å²) in [5.41, 5.74) is 1.28. The number of anilines is 1. The average Bonchev–Trinajstić information content (AvgIpc) is 2.49. The van der Waals surface area contributed by atoms with Crippen LogP contribution in [0.2, 0.25) is 5.02 Å². The largest absolute Gasteiger partial charge is 0.387 e. The number of benzene rings is 1. The summed E-state index contributed by atoms with van der Waals surface area (Å²) in [6, 6.07) is 7.60. The van der Waals surface area contributed by atoms with Crippen molar-refractivity contribution in [1.82, 2.24) is 4.98 Å². The van der Waals surface area contributed by atoms with Gasteiger partial charge >= 0.3 is 0 Å². The molecule has 3 nitrogen and oxygen atoms in total. The molecule has 1 aromatic carbocycles. The van der Waals surface area contributed by atoms with Crippen molar-refractivity contribution >= 4 is 40.0 Å². The molecule has 5 heteroatoms. The molecular weight excluding hydrogens is 304 g/mol. The Bertz CT molecular complexity index is 651. The SMILES string of the molecule is CCSC1CCC1(O)CNc1ccnc2ccc(Cl)cc12. The lowest BCUT2D eigenvalue weighted by atomic mass is 9.79. The molecular formula is C16H19ClN2OS. The quantitative estimate of drug-likeness (QED) is 0.875. The average molecular weight is 323 g/mol. The summed E-state index contributed by atoms with van der Waals surface area (Å²) in [7, 11) is 0. The van der Waals surface area contributed by atoms with Gasteiger partial charge in [-0.1, -0.05) is 18.5 Å². The lowest BCUT2D eigenvalue weighted by Gasteiger charge is -2.45. The Labute approximate surface area is 134 Å². The molecule has 2 N–H and O–H groups in total. The molecule has 0 radical (unpaired) electrons. The Morgan fingerprint density at radius 2 is 2.33 bits per heavy atom. The second-order valence-electron chi connectivity index (χ2n) is 5.46. The highest BCUT2D eigenvalue weighted by Gasteiger charge is 2.44. The van der Waals surface area contributed by atoms with Crippen molar-refractivity contribution in [2.45, 2.75) is 30.6 Å². The van der Waals surface area contributed by atoms with Gasteiger partial charge in [-0.15, -0.1) is 0 Å². The fourth-order valence-electron chi connectivity index (χ4n) is 2.76. The number of nitrogens with zero attached hydrogens (tertiary/aromatic N) is 1. The Kier molecular flexibility index (Phi) is 4.29. The molecule has 0 spiro atoms. The van der Waals surface area contributed by atoms with Crippen molar-refractivity contribution < 1.29 is 5.11 Å². The minimum atomic E-state index is -0.602. The van der Waals surface area contributed by atoms with Crippen molar-refractivity contribution in [1.29, 1.82) is 0 Å². The lowest BCUT2D eigenvalue weighted by Crippen LogP contribution is -2.54. The van der Waals surface area contributed by atoms with Crippen molar-refractivity contribution in [3.63, 3.8) is 0 Å². The molecule has 2 atom stereocenters. The monoisotopic (exact) mass is 322 g/mol. The van der Waals surface area contributed by atoms with Crippen molar-refractivity contribution in [3.05, 3.63) is 35.5 Å². The Morgan fingerprint density at radius 3 is 3.05 bits per heavy atom. The predicted molar refractivity (Wildman–Crippen MR) is 91.3 cm³/mol. The van der Waals surface area contributed by atoms with Crippen molar-refractivity contribution in [2.75, 3.05) is 17.6 Å². The normalized spacial score (nSPS) is 24.8. The maximum Gasteiger partial charge on any atom is 0.0937 e. The van der Waals surface area contributed by atoms with E-state index in [4.69, 9.17) is 11.6 Å². The summed E-state index contributed by atoms with van der Waals surface area (Å²) in [6.45, 7) is 2.70. The minimum Gasteiger partial charge on any atom is -0.387 e. The molecule has 2 aromatic rings. The first-order chi connectivity index (χ1) is 10.1. The number of pyridine rings is 1. The molecule has 0 saturated heterocycles. The van der Waals surface area contributed by atoms with Gasteiger partial charge in [0.2, 0.25) is 0 Å². The maximum absolute atomic E-state index is 10.7. The Balaban J connectivity index is 1.78. The van der Waals surface area contributed by atoms with Gasteiger partial charge in [0.25, 0.3) is 0 Å². The number of fused-ring (bicyclic) bond motifs is 1. The number of thioether (sulfide) groups is 1. The summed E-state index contributed by atoms with van der Waals surface area (Å²) in [5, 5.41) is 16.1. The van der Waals surface area contributed by atoms with E-state index in [-0.39, 0.29) is 0 Å². The van der Waals surface area contributed by atoms with Crippen molar-refractivity contribution in [2.24, 2.45) is 0 Å². The second kappa shape index (κ2) is 6.03. The van der Waals surface area contributed by atoms with Crippen LogP contribution in [0.1, 0.15) is 19.8 Å². The highest BCUT2D eigenvalue weighted by Crippen LogP contribution is 2.41. The molecule has 0 aliphatic heterocycles. The molecule has 21 heavy (non-hydrogen) atoms. The van der Waals surface area contributed by atoms with Gasteiger partial charge in [-0.05, 0) is 42.9 Å². The van der Waals surface area contributed by atoms with E-state index < -0.39 is 5.60 Å². The third-order valence-corrected chi connectivity index (χ3v) is 5.74. The summed E-state index contributed by atoms with van der Waals surface area (Å²) < 4.78 is 0. The van der Waals surface area contributed by atoms with Gasteiger partial charge < -0.3 is 10.4 Å². The molecule has 3 rings (SSSR count). The van der Waals surface area contributed by atoms with Crippen LogP contribution in [0.3, 0.4) is 0 Å². The van der Waals surface area contributed by atoms with E-state index in [1.807, 2.05) is 36.0 Å². The lowest BCUT2D eigenvalue weighted by molar-refractivity contribution is -0.0119. The predicted octanol–water partition coefficient (Wildman–Crippen LogP) is 3.95. The molecule has 1 heterocycles. The van der Waals surface area contributed by atoms with Crippen LogP contribution in [0.15, 0.2) is 30.5 Å². The molecule has 1 aliphatic rings. The first kappa shape index (κ1) is 14.9. The van der Waals surface area contributed by atoms with Gasteiger partial charge in [0, 0.05) is 34.1 Å². The molecule has 1 saturated carbocycles. The van der Waals surface area contributed by atoms with E-state index in [2.05, 4.69) is 17.2 Å². The van der Waals surface area contributed by atoms with Gasteiger partial charge in [0.1, 0.15) is 0 Å². The summed E-state index contributed by atoms with van der Waals surface area (Å²) in [5.74, 6) is 1.04. The highest BCUT2D eigenvalue weighted by molar-refractivity contribution is 8.00. The molecule has 0 amide bonds. The van der Waals surface area contributed by atoms with E-state index in [1.54, 1.807) is 6.20 Å². The molecule has 112 valence electrons. The molecule has 0 bridgehead atoms. The summed E-state index contributed by atoms with van der Waals surface area (Å²) in [4.78, 5) is 4.34. The third-order valence-electron chi connectivity index (χ3n) is 4.10. The van der Waals surface area contributed by atoms with Gasteiger partial charge in [0.15, 0.2) is 0 Å². The number of aromatic nitrogens is 1. The molecule has 1 aliphatic carbocycles. The molecule has 2 unspecified atom stereocenters. The smallest absolute Gasteiger partial charge is 0.0937 e. The van der Waals surface area contributed by atoms with Crippen LogP contribution < -0.4 is 5.32 Å². The van der Waals surface area contributed by atoms with Crippen LogP contribution in [0.5, 0.6) is 0 Å². The van der Waals surface area contributed by atoms with Gasteiger partial charge in [-0.25, -0.2) is 0 Å². The fraction of sp³-hybridized carbons (Fsp3) is 0.438. The van der Waals surface area contributed by atoms with E-state index in [9.17, 15) is 5.11 Å². The van der Waals surface area contributed by atoms with Gasteiger partial charge in [-0.3, -0.25) is 4.98 Å². The summed E-state index contributed by atoms with van der Waals surface area (Å²) in [6.07, 6.45) is 3.74. The standard InChI is InChI=1S/C16H19ClN2OS/c1-2-21-15-5-7-16(15,20)10-19-14-6-8-18-13-4-3-11(17)9-12(13)14/h3-4,6,8-9,15,20H,2,5,7,10H2,1H3,(H,18,19). The van der Waals surface area contributed by atoms with Gasteiger partial charge in [-0.2, -0.15) is 11.8 Å². The van der Waals surface area contributed by atoms with Gasteiger partial charge in [0.05, 0.1) is 11.1 Å². The highest BCUT2D eigenvalue weighted by atomic mass is 35.5. The van der Waals surface area contributed by atoms with E-state index >= 15 is 0 Å². The number of nitrogens with one attached hydrogen (secondary N) is 1. The third kappa shape index (κ3) is 2.98. The van der Waals surface area contributed by atoms with Crippen LogP contribution in [0.25, 0.3) is 10.9 Å². The second-order valence-corrected chi connectivity index (χ2v) is 7.38. The minimum absolute atomic E-state index is 0.340. The number of rotatable bonds is 5. The van der Waals surface area contributed by atoms with Crippen LogP contribution in [0.4, 0.5) is 5.69 Å². The topological polar surface area (TPSA) is 45.1 Å². The Hall–Kier alpha value is -0.970. The van der Waals surface area contributed by atoms with E-state index in [0.29, 0.717) is 16.8 Å². The zero-order valence-electron chi connectivity index (χ0n) is 12.0. The van der Waals surface area contributed by atoms with E-state index in [0.717, 1.165) is 35.2 Å². The van der Waals surface area contributed by atoms with Crippen LogP contribution in [-0.2, 0) is 0 Å². The van der Waals surface area contributed by atoms with Crippen LogP contribution >= 0.6 is 23.4 Å². The molecule has 1 aromatic heterocycles. The Morgan fingerprint density at radius 1 is 1.48 bits per heavy atom. The molecule has 1 fully saturated rings. The van der Waals surface area contributed by atoms with E-state index in [1.165, 1.54) is 0 Å². The van der Waals surface area contributed by atoms with Crippen LogP contribution in [0, 0.1) is 0 Å². The zero-order chi connectivity index (χ0) is 14.9. The van der Waals surface area contributed by atoms with Crippen LogP contribution in [-0.4, -0.2) is 33.2 Å². The zero-order valence-corrected chi connectivity index (χ0v) is 13.5. The maximum atomic E-state index is 10.7. The summed E-state index contributed by atoms with van der Waals surface area (Å²) >= 11 is 7.92.